The number of aliphatic hydroxyl groups excluding tert-OH is 1. The normalized spacial score (nSPS) is 19.7. The molecule has 1 aliphatic rings. The molecular weight excluding hydrogens is 340 g/mol. The predicted octanol–water partition coefficient (Wildman–Crippen LogP) is 4.97. The number of allylic oxidation sites excluding steroid dienone is 9. The predicted molar refractivity (Wildman–Crippen MR) is 109 cm³/mol. The van der Waals surface area contributed by atoms with E-state index in [1.807, 2.05) is 19.1 Å². The van der Waals surface area contributed by atoms with E-state index >= 15 is 0 Å². The van der Waals surface area contributed by atoms with Crippen LogP contribution in [0.15, 0.2) is 58.7 Å². The fraction of sp³-hybridized carbons (Fsp3) is 0.478. The number of ether oxygens (including phenoxy) is 1. The third kappa shape index (κ3) is 7.92. The van der Waals surface area contributed by atoms with Crippen LogP contribution in [0, 0.1) is 5.41 Å². The van der Waals surface area contributed by atoms with Crippen molar-refractivity contribution in [2.24, 2.45) is 5.41 Å². The lowest BCUT2D eigenvalue weighted by molar-refractivity contribution is -0.162. The summed E-state index contributed by atoms with van der Waals surface area (Å²) in [7, 11) is 0. The smallest absolute Gasteiger partial charge is 0.342 e. The Kier molecular flexibility index (Phi) is 8.64. The van der Waals surface area contributed by atoms with Gasteiger partial charge in [-0.3, -0.25) is 0 Å². The van der Waals surface area contributed by atoms with Gasteiger partial charge in [-0.2, -0.15) is 0 Å². The van der Waals surface area contributed by atoms with Crippen molar-refractivity contribution < 1.29 is 19.4 Å². The molecule has 0 aromatic rings. The average molecular weight is 373 g/mol. The zero-order chi connectivity index (χ0) is 20.6. The number of rotatable bonds is 6. The third-order valence-corrected chi connectivity index (χ3v) is 4.66. The summed E-state index contributed by atoms with van der Waals surface area (Å²) < 4.78 is 4.48. The minimum absolute atomic E-state index is 0.220. The number of hydrogen-bond acceptors (Lipinski definition) is 4. The number of esters is 2. The summed E-state index contributed by atoms with van der Waals surface area (Å²) in [5.74, 6) is -1.74. The average Bonchev–Trinajstić information content (AvgIpc) is 2.53. The van der Waals surface area contributed by atoms with E-state index in [1.54, 1.807) is 13.0 Å². The fourth-order valence-corrected chi connectivity index (χ4v) is 3.08. The van der Waals surface area contributed by atoms with Crippen LogP contribution in [-0.2, 0) is 14.3 Å². The molecule has 148 valence electrons. The van der Waals surface area contributed by atoms with Gasteiger partial charge in [0.05, 0.1) is 0 Å². The number of hydrogen-bond donors (Lipinski definition) is 1. The summed E-state index contributed by atoms with van der Waals surface area (Å²) in [6.45, 7) is 11.8. The van der Waals surface area contributed by atoms with E-state index in [-0.39, 0.29) is 5.41 Å². The quantitative estimate of drug-likeness (QED) is 0.309. The van der Waals surface area contributed by atoms with Gasteiger partial charge in [0.1, 0.15) is 6.10 Å². The van der Waals surface area contributed by atoms with E-state index in [9.17, 15) is 9.59 Å². The zero-order valence-corrected chi connectivity index (χ0v) is 17.3. The SMILES string of the molecule is CC1=C(/C=C/C(C)=C/C=C/C(C)=C/C(=O)OC(=O)C(C)O)C(C)(C)CCC1. The standard InChI is InChI=1S/C23H32O4/c1-16(12-13-20-18(3)11-8-14-23(20,5)6)9-7-10-17(2)15-21(25)27-22(26)19(4)24/h7,9-10,12-13,15,19,24H,8,11,14H2,1-6H3/b10-7+,13-12+,16-9+,17-15+. The van der Waals surface area contributed by atoms with Gasteiger partial charge in [0, 0.05) is 6.08 Å². The molecule has 4 heteroatoms. The van der Waals surface area contributed by atoms with Gasteiger partial charge >= 0.3 is 11.9 Å². The van der Waals surface area contributed by atoms with Crippen molar-refractivity contribution in [2.75, 3.05) is 0 Å². The highest BCUT2D eigenvalue weighted by Crippen LogP contribution is 2.40. The van der Waals surface area contributed by atoms with Crippen LogP contribution in [0.25, 0.3) is 0 Å². The van der Waals surface area contributed by atoms with Crippen LogP contribution in [0.2, 0.25) is 0 Å². The zero-order valence-electron chi connectivity index (χ0n) is 17.3. The topological polar surface area (TPSA) is 63.6 Å². The highest BCUT2D eigenvalue weighted by molar-refractivity contribution is 5.93. The third-order valence-electron chi connectivity index (χ3n) is 4.66. The lowest BCUT2D eigenvalue weighted by Gasteiger charge is -2.32. The molecule has 1 aliphatic carbocycles. The summed E-state index contributed by atoms with van der Waals surface area (Å²) >= 11 is 0. The highest BCUT2D eigenvalue weighted by Gasteiger charge is 2.26. The number of aliphatic hydroxyl groups is 1. The molecule has 0 aromatic carbocycles. The Morgan fingerprint density at radius 2 is 1.85 bits per heavy atom. The first-order chi connectivity index (χ1) is 12.5. The molecule has 1 N–H and O–H groups in total. The monoisotopic (exact) mass is 372 g/mol. The molecule has 0 aromatic heterocycles. The van der Waals surface area contributed by atoms with Crippen molar-refractivity contribution in [1.29, 1.82) is 0 Å². The van der Waals surface area contributed by atoms with Gasteiger partial charge in [-0.15, -0.1) is 0 Å². The molecule has 4 nitrogen and oxygen atoms in total. The molecule has 0 amide bonds. The second-order valence-corrected chi connectivity index (χ2v) is 7.84. The first kappa shape index (κ1) is 22.8. The molecule has 0 aliphatic heterocycles. The Hall–Kier alpha value is -2.20. The maximum atomic E-state index is 11.5. The maximum absolute atomic E-state index is 11.5. The molecule has 1 unspecified atom stereocenters. The van der Waals surface area contributed by atoms with E-state index in [0.717, 1.165) is 5.57 Å². The van der Waals surface area contributed by atoms with Gasteiger partial charge in [-0.05, 0) is 63.5 Å². The van der Waals surface area contributed by atoms with Gasteiger partial charge in [-0.1, -0.05) is 55.4 Å². The Morgan fingerprint density at radius 1 is 1.19 bits per heavy atom. The lowest BCUT2D eigenvalue weighted by atomic mass is 9.72. The minimum atomic E-state index is -1.32. The highest BCUT2D eigenvalue weighted by atomic mass is 16.6. The van der Waals surface area contributed by atoms with Gasteiger partial charge in [-0.25, -0.2) is 9.59 Å². The second-order valence-electron chi connectivity index (χ2n) is 7.84. The summed E-state index contributed by atoms with van der Waals surface area (Å²) in [4.78, 5) is 22.7. The molecular formula is C23H32O4. The van der Waals surface area contributed by atoms with Crippen LogP contribution in [0.5, 0.6) is 0 Å². The minimum Gasteiger partial charge on any atom is -0.388 e. The van der Waals surface area contributed by atoms with Gasteiger partial charge in [0.15, 0.2) is 0 Å². The molecule has 0 fully saturated rings. The van der Waals surface area contributed by atoms with Crippen LogP contribution < -0.4 is 0 Å². The first-order valence-electron chi connectivity index (χ1n) is 9.38. The van der Waals surface area contributed by atoms with Crippen LogP contribution in [0.4, 0.5) is 0 Å². The van der Waals surface area contributed by atoms with E-state index < -0.39 is 18.0 Å². The fourth-order valence-electron chi connectivity index (χ4n) is 3.08. The number of carbonyl (C=O) groups excluding carboxylic acids is 2. The van der Waals surface area contributed by atoms with Crippen LogP contribution in [0.3, 0.4) is 0 Å². The van der Waals surface area contributed by atoms with Crippen LogP contribution in [0.1, 0.15) is 60.8 Å². The van der Waals surface area contributed by atoms with Crippen molar-refractivity contribution in [3.63, 3.8) is 0 Å². The van der Waals surface area contributed by atoms with E-state index in [2.05, 4.69) is 37.7 Å². The molecule has 0 radical (unpaired) electrons. The maximum Gasteiger partial charge on any atom is 0.342 e. The molecule has 0 heterocycles. The summed E-state index contributed by atoms with van der Waals surface area (Å²) in [6, 6.07) is 0. The second kappa shape index (κ2) is 10.2. The largest absolute Gasteiger partial charge is 0.388 e. The Balaban J connectivity index is 2.71. The molecule has 0 spiro atoms. The summed E-state index contributed by atoms with van der Waals surface area (Å²) in [5, 5.41) is 9.02. The van der Waals surface area contributed by atoms with Crippen LogP contribution >= 0.6 is 0 Å². The first-order valence-corrected chi connectivity index (χ1v) is 9.38. The van der Waals surface area contributed by atoms with Crippen LogP contribution in [-0.4, -0.2) is 23.1 Å². The van der Waals surface area contributed by atoms with E-state index in [1.165, 1.54) is 43.4 Å². The summed E-state index contributed by atoms with van der Waals surface area (Å²) in [6.07, 6.45) is 13.5. The van der Waals surface area contributed by atoms with Crippen molar-refractivity contribution in [2.45, 2.75) is 66.9 Å². The van der Waals surface area contributed by atoms with Crippen molar-refractivity contribution in [3.05, 3.63) is 58.7 Å². The van der Waals surface area contributed by atoms with E-state index in [0.29, 0.717) is 5.57 Å². The van der Waals surface area contributed by atoms with Crippen molar-refractivity contribution in [3.8, 4) is 0 Å². The Morgan fingerprint density at radius 3 is 2.44 bits per heavy atom. The Bertz CT molecular complexity index is 713. The van der Waals surface area contributed by atoms with E-state index in [4.69, 9.17) is 5.11 Å². The van der Waals surface area contributed by atoms with Crippen molar-refractivity contribution >= 4 is 11.9 Å². The van der Waals surface area contributed by atoms with Gasteiger partial charge in [0.2, 0.25) is 0 Å². The molecule has 1 atom stereocenters. The Labute approximate surface area is 163 Å². The molecule has 1 rings (SSSR count). The molecule has 0 saturated heterocycles. The van der Waals surface area contributed by atoms with Crippen molar-refractivity contribution in [1.82, 2.24) is 0 Å². The molecule has 0 bridgehead atoms. The summed E-state index contributed by atoms with van der Waals surface area (Å²) in [5.41, 5.74) is 4.87. The number of carbonyl (C=O) groups is 2. The van der Waals surface area contributed by atoms with Gasteiger partial charge in [0.25, 0.3) is 0 Å². The molecule has 27 heavy (non-hydrogen) atoms. The lowest BCUT2D eigenvalue weighted by Crippen LogP contribution is -2.22. The molecule has 0 saturated carbocycles. The van der Waals surface area contributed by atoms with Gasteiger partial charge < -0.3 is 9.84 Å².